The van der Waals surface area contributed by atoms with Gasteiger partial charge in [-0.25, -0.2) is 9.78 Å². The molecule has 0 aliphatic carbocycles. The Hall–Kier alpha value is -2.63. The summed E-state index contributed by atoms with van der Waals surface area (Å²) in [5.41, 5.74) is 2.52. The number of rotatable bonds is 1. The molecule has 5 rings (SSSR count). The van der Waals surface area contributed by atoms with Crippen LogP contribution in [-0.2, 0) is 5.41 Å². The molecule has 3 aliphatic heterocycles. The van der Waals surface area contributed by atoms with Crippen molar-refractivity contribution in [3.8, 4) is 0 Å². The van der Waals surface area contributed by atoms with Crippen molar-refractivity contribution in [2.45, 2.75) is 31.1 Å². The molecule has 0 unspecified atom stereocenters. The molecular formula is C21H25N5O. The van der Waals surface area contributed by atoms with E-state index in [4.69, 9.17) is 0 Å². The minimum absolute atomic E-state index is 0.0602. The molecule has 140 valence electrons. The van der Waals surface area contributed by atoms with Crippen LogP contribution in [0.4, 0.5) is 16.3 Å². The van der Waals surface area contributed by atoms with Crippen molar-refractivity contribution >= 4 is 17.5 Å². The van der Waals surface area contributed by atoms with Crippen LogP contribution in [0.5, 0.6) is 0 Å². The van der Waals surface area contributed by atoms with Gasteiger partial charge in [0.15, 0.2) is 0 Å². The molecule has 3 aliphatic rings. The number of fused-ring (bicyclic) bond motifs is 2. The number of nitrogens with zero attached hydrogens (tertiary/aromatic N) is 5. The molecular weight excluding hydrogens is 338 g/mol. The highest BCUT2D eigenvalue weighted by atomic mass is 16.2. The number of carbonyl (C=O) groups is 1. The van der Waals surface area contributed by atoms with Gasteiger partial charge in [0.2, 0.25) is 0 Å². The number of aromatic nitrogens is 2. The van der Waals surface area contributed by atoms with Gasteiger partial charge in [-0.05, 0) is 37.3 Å². The van der Waals surface area contributed by atoms with E-state index in [0.29, 0.717) is 0 Å². The molecule has 0 saturated carbocycles. The molecule has 1 aromatic heterocycles. The maximum Gasteiger partial charge on any atom is 0.324 e. The Morgan fingerprint density at radius 1 is 1.00 bits per heavy atom. The van der Waals surface area contributed by atoms with Crippen LogP contribution < -0.4 is 9.80 Å². The van der Waals surface area contributed by atoms with E-state index in [1.54, 1.807) is 12.4 Å². The van der Waals surface area contributed by atoms with Crippen molar-refractivity contribution in [1.29, 1.82) is 0 Å². The molecule has 27 heavy (non-hydrogen) atoms. The zero-order chi connectivity index (χ0) is 18.3. The van der Waals surface area contributed by atoms with Crippen molar-refractivity contribution in [1.82, 2.24) is 14.9 Å². The highest BCUT2D eigenvalue weighted by Gasteiger charge is 2.47. The zero-order valence-corrected chi connectivity index (χ0v) is 15.5. The third-order valence-corrected chi connectivity index (χ3v) is 6.43. The summed E-state index contributed by atoms with van der Waals surface area (Å²) < 4.78 is 0. The Balaban J connectivity index is 1.40. The summed E-state index contributed by atoms with van der Waals surface area (Å²) in [6.07, 6.45) is 9.61. The number of likely N-dealkylation sites (tertiary alicyclic amines) is 1. The van der Waals surface area contributed by atoms with Gasteiger partial charge in [0.25, 0.3) is 0 Å². The Labute approximate surface area is 159 Å². The highest BCUT2D eigenvalue weighted by molar-refractivity contribution is 5.95. The molecule has 0 radical (unpaired) electrons. The van der Waals surface area contributed by atoms with Crippen LogP contribution in [0.25, 0.3) is 0 Å². The van der Waals surface area contributed by atoms with Crippen molar-refractivity contribution in [2.24, 2.45) is 0 Å². The molecule has 2 amide bonds. The van der Waals surface area contributed by atoms with Crippen LogP contribution in [0.2, 0.25) is 0 Å². The van der Waals surface area contributed by atoms with Crippen LogP contribution in [0.3, 0.4) is 0 Å². The number of benzene rings is 1. The van der Waals surface area contributed by atoms with E-state index >= 15 is 0 Å². The second-order valence-corrected chi connectivity index (χ2v) is 7.91. The maximum atomic E-state index is 13.1. The van der Waals surface area contributed by atoms with Gasteiger partial charge < -0.3 is 9.80 Å². The molecule has 2 aromatic rings. The molecule has 6 heteroatoms. The van der Waals surface area contributed by atoms with Gasteiger partial charge in [-0.2, -0.15) is 0 Å². The topological polar surface area (TPSA) is 52.6 Å². The minimum Gasteiger partial charge on any atom is -0.355 e. The molecule has 0 bridgehead atoms. The predicted molar refractivity (Wildman–Crippen MR) is 105 cm³/mol. The lowest BCUT2D eigenvalue weighted by molar-refractivity contribution is 0.213. The van der Waals surface area contributed by atoms with Gasteiger partial charge in [-0.1, -0.05) is 18.2 Å². The number of piperidine rings is 1. The third-order valence-electron chi connectivity index (χ3n) is 6.43. The number of carbonyl (C=O) groups excluding carboxylic acids is 1. The fourth-order valence-electron chi connectivity index (χ4n) is 4.93. The van der Waals surface area contributed by atoms with E-state index in [1.807, 2.05) is 16.0 Å². The SMILES string of the molecule is O=C(N1CCCC1)N1CC2(CCN(c3cnccn3)CC2)c2ccccc21. The van der Waals surface area contributed by atoms with E-state index in [9.17, 15) is 4.79 Å². The van der Waals surface area contributed by atoms with E-state index < -0.39 is 0 Å². The van der Waals surface area contributed by atoms with Crippen LogP contribution in [0.1, 0.15) is 31.2 Å². The highest BCUT2D eigenvalue weighted by Crippen LogP contribution is 2.47. The normalized spacial score (nSPS) is 21.0. The van der Waals surface area contributed by atoms with Crippen molar-refractivity contribution in [3.63, 3.8) is 0 Å². The quantitative estimate of drug-likeness (QED) is 0.781. The second-order valence-electron chi connectivity index (χ2n) is 7.91. The molecule has 1 aromatic carbocycles. The van der Waals surface area contributed by atoms with E-state index in [-0.39, 0.29) is 11.4 Å². The third kappa shape index (κ3) is 2.74. The van der Waals surface area contributed by atoms with Crippen molar-refractivity contribution < 1.29 is 4.79 Å². The van der Waals surface area contributed by atoms with Gasteiger partial charge in [-0.3, -0.25) is 9.88 Å². The number of amides is 2. The standard InChI is InChI=1S/C21H25N5O/c27-20(25-11-3-4-12-25)26-16-21(17-5-1-2-6-18(17)26)7-13-24(14-8-21)19-15-22-9-10-23-19/h1-2,5-6,9-10,15H,3-4,7-8,11-14,16H2. The van der Waals surface area contributed by atoms with Crippen molar-refractivity contribution in [3.05, 3.63) is 48.4 Å². The summed E-state index contributed by atoms with van der Waals surface area (Å²) in [4.78, 5) is 28.2. The summed E-state index contributed by atoms with van der Waals surface area (Å²) >= 11 is 0. The van der Waals surface area contributed by atoms with Crippen LogP contribution in [0.15, 0.2) is 42.9 Å². The summed E-state index contributed by atoms with van der Waals surface area (Å²) in [6, 6.07) is 8.70. The van der Waals surface area contributed by atoms with E-state index in [2.05, 4.69) is 39.1 Å². The number of para-hydroxylation sites is 1. The lowest BCUT2D eigenvalue weighted by Gasteiger charge is -2.40. The Kier molecular flexibility index (Phi) is 3.99. The fourth-order valence-corrected chi connectivity index (χ4v) is 4.93. The summed E-state index contributed by atoms with van der Waals surface area (Å²) in [6.45, 7) is 4.48. The average Bonchev–Trinajstić information content (AvgIpc) is 3.37. The first-order chi connectivity index (χ1) is 13.3. The second kappa shape index (κ2) is 6.51. The summed E-state index contributed by atoms with van der Waals surface area (Å²) in [5, 5.41) is 0. The molecule has 0 N–H and O–H groups in total. The largest absolute Gasteiger partial charge is 0.355 e. The van der Waals surface area contributed by atoms with Crippen LogP contribution in [-0.4, -0.2) is 53.6 Å². The van der Waals surface area contributed by atoms with Crippen LogP contribution >= 0.6 is 0 Å². The first-order valence-corrected chi connectivity index (χ1v) is 9.94. The predicted octanol–water partition coefficient (Wildman–Crippen LogP) is 3.05. The van der Waals surface area contributed by atoms with E-state index in [1.165, 1.54) is 5.56 Å². The molecule has 6 nitrogen and oxygen atoms in total. The minimum atomic E-state index is 0.0602. The fraction of sp³-hybridized carbons (Fsp3) is 0.476. The Morgan fingerprint density at radius 2 is 1.78 bits per heavy atom. The number of hydrogen-bond acceptors (Lipinski definition) is 4. The van der Waals surface area contributed by atoms with E-state index in [0.717, 1.165) is 69.9 Å². The van der Waals surface area contributed by atoms with Gasteiger partial charge in [0.05, 0.1) is 6.20 Å². The number of anilines is 2. The van der Waals surface area contributed by atoms with Gasteiger partial charge in [-0.15, -0.1) is 0 Å². The lowest BCUT2D eigenvalue weighted by Crippen LogP contribution is -2.48. The zero-order valence-electron chi connectivity index (χ0n) is 15.5. The lowest BCUT2D eigenvalue weighted by atomic mass is 9.74. The monoisotopic (exact) mass is 363 g/mol. The Bertz CT molecular complexity index is 825. The summed E-state index contributed by atoms with van der Waals surface area (Å²) in [7, 11) is 0. The first-order valence-electron chi connectivity index (χ1n) is 9.94. The molecule has 0 atom stereocenters. The summed E-state index contributed by atoms with van der Waals surface area (Å²) in [5.74, 6) is 0.948. The van der Waals surface area contributed by atoms with Gasteiger partial charge >= 0.3 is 6.03 Å². The first kappa shape index (κ1) is 16.5. The van der Waals surface area contributed by atoms with Gasteiger partial charge in [0, 0.05) is 56.2 Å². The van der Waals surface area contributed by atoms with Gasteiger partial charge in [0.1, 0.15) is 5.82 Å². The van der Waals surface area contributed by atoms with Crippen LogP contribution in [0, 0.1) is 0 Å². The van der Waals surface area contributed by atoms with Crippen molar-refractivity contribution in [2.75, 3.05) is 42.5 Å². The number of hydrogen-bond donors (Lipinski definition) is 0. The average molecular weight is 363 g/mol. The molecule has 2 fully saturated rings. The number of urea groups is 1. The molecule has 1 spiro atoms. The molecule has 2 saturated heterocycles. The Morgan fingerprint density at radius 3 is 2.52 bits per heavy atom. The maximum absolute atomic E-state index is 13.1. The molecule has 4 heterocycles. The smallest absolute Gasteiger partial charge is 0.324 e.